The van der Waals surface area contributed by atoms with E-state index in [1.165, 1.54) is 0 Å². The molecule has 0 saturated carbocycles. The molecule has 0 saturated heterocycles. The number of hydrogen-bond acceptors (Lipinski definition) is 5. The van der Waals surface area contributed by atoms with Crippen LogP contribution in [0, 0.1) is 13.8 Å². The third-order valence-electron chi connectivity index (χ3n) is 4.83. The fourth-order valence-corrected chi connectivity index (χ4v) is 3.30. The summed E-state index contributed by atoms with van der Waals surface area (Å²) in [5.41, 5.74) is 4.43. The Morgan fingerprint density at radius 1 is 0.969 bits per heavy atom. The van der Waals surface area contributed by atoms with Gasteiger partial charge in [-0.2, -0.15) is 5.10 Å². The Morgan fingerprint density at radius 3 is 2.41 bits per heavy atom. The molecule has 0 aliphatic carbocycles. The summed E-state index contributed by atoms with van der Waals surface area (Å²) in [6.07, 6.45) is 0.841. The van der Waals surface area contributed by atoms with Crippen molar-refractivity contribution in [1.82, 2.24) is 20.0 Å². The van der Waals surface area contributed by atoms with E-state index in [0.29, 0.717) is 23.1 Å². The Bertz CT molecular complexity index is 1220. The lowest BCUT2D eigenvalue weighted by molar-refractivity contribution is 0.262. The second kappa shape index (κ2) is 9.30. The Balaban J connectivity index is 1.36. The number of nitrogens with one attached hydrogen (secondary N) is 2. The maximum atomic E-state index is 12.3. The van der Waals surface area contributed by atoms with E-state index in [1.54, 1.807) is 41.1 Å². The zero-order valence-electron chi connectivity index (χ0n) is 18.2. The zero-order valence-corrected chi connectivity index (χ0v) is 18.2. The van der Waals surface area contributed by atoms with Crippen molar-refractivity contribution in [3.8, 4) is 17.4 Å². The van der Waals surface area contributed by atoms with Crippen molar-refractivity contribution in [1.29, 1.82) is 0 Å². The van der Waals surface area contributed by atoms with Gasteiger partial charge in [-0.1, -0.05) is 25.1 Å². The highest BCUT2D eigenvalue weighted by atomic mass is 16.5. The molecule has 4 aromatic rings. The lowest BCUT2D eigenvalue weighted by atomic mass is 10.1. The van der Waals surface area contributed by atoms with Crippen molar-refractivity contribution in [2.45, 2.75) is 27.2 Å². The van der Waals surface area contributed by atoms with Gasteiger partial charge in [-0.3, -0.25) is 0 Å². The minimum absolute atomic E-state index is 0.301. The van der Waals surface area contributed by atoms with Crippen molar-refractivity contribution in [2.75, 3.05) is 10.6 Å². The Hall–Kier alpha value is -4.20. The molecule has 0 fully saturated rings. The van der Waals surface area contributed by atoms with E-state index >= 15 is 0 Å². The third-order valence-corrected chi connectivity index (χ3v) is 4.83. The molecule has 2 amide bonds. The summed E-state index contributed by atoms with van der Waals surface area (Å²) in [5.74, 6) is 1.57. The number of amides is 2. The molecule has 8 heteroatoms. The molecule has 2 aromatic heterocycles. The molecule has 8 nitrogen and oxygen atoms in total. The highest BCUT2D eigenvalue weighted by Gasteiger charge is 2.08. The van der Waals surface area contributed by atoms with Crippen LogP contribution in [0.25, 0.3) is 5.82 Å². The molecule has 2 heterocycles. The first kappa shape index (κ1) is 21.0. The van der Waals surface area contributed by atoms with Gasteiger partial charge in [-0.25, -0.2) is 9.48 Å². The molecule has 0 aliphatic rings. The van der Waals surface area contributed by atoms with Crippen LogP contribution in [-0.4, -0.2) is 26.0 Å². The Morgan fingerprint density at radius 2 is 1.75 bits per heavy atom. The number of hydrogen-bond donors (Lipinski definition) is 2. The predicted molar refractivity (Wildman–Crippen MR) is 124 cm³/mol. The van der Waals surface area contributed by atoms with Gasteiger partial charge in [0, 0.05) is 23.1 Å². The van der Waals surface area contributed by atoms with Crippen LogP contribution < -0.4 is 15.4 Å². The van der Waals surface area contributed by atoms with Gasteiger partial charge in [0.25, 0.3) is 0 Å². The van der Waals surface area contributed by atoms with E-state index in [4.69, 9.17) is 4.74 Å². The van der Waals surface area contributed by atoms with Gasteiger partial charge in [-0.05, 0) is 68.3 Å². The average Bonchev–Trinajstić information content (AvgIpc) is 3.14. The first-order valence-corrected chi connectivity index (χ1v) is 10.3. The van der Waals surface area contributed by atoms with Gasteiger partial charge in [0.15, 0.2) is 5.82 Å². The van der Waals surface area contributed by atoms with Crippen LogP contribution in [0.1, 0.15) is 23.9 Å². The van der Waals surface area contributed by atoms with Crippen molar-refractivity contribution in [3.63, 3.8) is 0 Å². The number of ether oxygens (including phenoxy) is 1. The molecule has 0 aliphatic heterocycles. The van der Waals surface area contributed by atoms with Crippen LogP contribution in [0.3, 0.4) is 0 Å². The first-order chi connectivity index (χ1) is 15.5. The molecule has 0 unspecified atom stereocenters. The van der Waals surface area contributed by atoms with Crippen molar-refractivity contribution >= 4 is 17.4 Å². The predicted octanol–water partition coefficient (Wildman–Crippen LogP) is 5.28. The van der Waals surface area contributed by atoms with E-state index in [9.17, 15) is 4.79 Å². The molecule has 2 aromatic carbocycles. The summed E-state index contributed by atoms with van der Waals surface area (Å²) in [4.78, 5) is 12.3. The molecule has 0 atom stereocenters. The van der Waals surface area contributed by atoms with E-state index < -0.39 is 0 Å². The quantitative estimate of drug-likeness (QED) is 0.436. The number of para-hydroxylation sites is 1. The van der Waals surface area contributed by atoms with E-state index in [2.05, 4.69) is 32.9 Å². The number of nitrogens with zero attached hydrogens (tertiary/aromatic N) is 4. The summed E-state index contributed by atoms with van der Waals surface area (Å²) in [6.45, 7) is 5.94. The SMILES string of the molecule is CCc1ccccc1NC(=O)Nc1ccc(Oc2ccc(-n3nc(C)cc3C)nn2)cc1. The van der Waals surface area contributed by atoms with E-state index in [-0.39, 0.29) is 6.03 Å². The lowest BCUT2D eigenvalue weighted by Gasteiger charge is -2.11. The maximum absolute atomic E-state index is 12.3. The van der Waals surface area contributed by atoms with Crippen LogP contribution in [0.4, 0.5) is 16.2 Å². The minimum atomic E-state index is -0.301. The molecule has 2 N–H and O–H groups in total. The minimum Gasteiger partial charge on any atom is -0.438 e. The number of aryl methyl sites for hydroxylation is 3. The van der Waals surface area contributed by atoms with Crippen molar-refractivity contribution in [3.05, 3.63) is 83.7 Å². The summed E-state index contributed by atoms with van der Waals surface area (Å²) >= 11 is 0. The monoisotopic (exact) mass is 428 g/mol. The summed E-state index contributed by atoms with van der Waals surface area (Å²) in [5, 5.41) is 18.4. The van der Waals surface area contributed by atoms with Crippen LogP contribution in [0.15, 0.2) is 66.7 Å². The van der Waals surface area contributed by atoms with Crippen LogP contribution in [0.5, 0.6) is 11.6 Å². The van der Waals surface area contributed by atoms with Crippen LogP contribution in [-0.2, 0) is 6.42 Å². The van der Waals surface area contributed by atoms with Gasteiger partial charge in [-0.15, -0.1) is 10.2 Å². The second-order valence-corrected chi connectivity index (χ2v) is 7.28. The number of aromatic nitrogens is 4. The number of anilines is 2. The molecule has 0 radical (unpaired) electrons. The van der Waals surface area contributed by atoms with Crippen molar-refractivity contribution < 1.29 is 9.53 Å². The standard InChI is InChI=1S/C24H24N6O2/c1-4-18-7-5-6-8-21(18)26-24(31)25-19-9-11-20(12-10-19)32-23-14-13-22(27-28-23)30-17(3)15-16(2)29-30/h5-15H,4H2,1-3H3,(H2,25,26,31). The number of carbonyl (C=O) groups excluding carboxylic acids is 1. The number of urea groups is 1. The molecule has 32 heavy (non-hydrogen) atoms. The number of carbonyl (C=O) groups is 1. The normalized spacial score (nSPS) is 10.6. The average molecular weight is 428 g/mol. The molecule has 0 spiro atoms. The summed E-state index contributed by atoms with van der Waals surface area (Å²) < 4.78 is 7.49. The van der Waals surface area contributed by atoms with Gasteiger partial charge >= 0.3 is 6.03 Å². The van der Waals surface area contributed by atoms with Gasteiger partial charge in [0.05, 0.1) is 5.69 Å². The van der Waals surface area contributed by atoms with E-state index in [1.807, 2.05) is 44.2 Å². The molecular formula is C24H24N6O2. The largest absolute Gasteiger partial charge is 0.438 e. The second-order valence-electron chi connectivity index (χ2n) is 7.28. The molecule has 4 rings (SSSR count). The number of rotatable bonds is 6. The van der Waals surface area contributed by atoms with Gasteiger partial charge < -0.3 is 15.4 Å². The Labute approximate surface area is 186 Å². The zero-order chi connectivity index (χ0) is 22.5. The van der Waals surface area contributed by atoms with Crippen LogP contribution in [0.2, 0.25) is 0 Å². The Kier molecular flexibility index (Phi) is 6.12. The smallest absolute Gasteiger partial charge is 0.323 e. The van der Waals surface area contributed by atoms with E-state index in [0.717, 1.165) is 29.1 Å². The molecular weight excluding hydrogens is 404 g/mol. The van der Waals surface area contributed by atoms with Gasteiger partial charge in [0.2, 0.25) is 5.88 Å². The third kappa shape index (κ3) is 4.92. The molecule has 0 bridgehead atoms. The van der Waals surface area contributed by atoms with Crippen LogP contribution >= 0.6 is 0 Å². The first-order valence-electron chi connectivity index (χ1n) is 10.3. The van der Waals surface area contributed by atoms with Gasteiger partial charge in [0.1, 0.15) is 5.75 Å². The van der Waals surface area contributed by atoms with Crippen molar-refractivity contribution in [2.24, 2.45) is 0 Å². The fraction of sp³-hybridized carbons (Fsp3) is 0.167. The summed E-state index contributed by atoms with van der Waals surface area (Å²) in [7, 11) is 0. The fourth-order valence-electron chi connectivity index (χ4n) is 3.30. The molecule has 162 valence electrons. The highest BCUT2D eigenvalue weighted by Crippen LogP contribution is 2.22. The highest BCUT2D eigenvalue weighted by molar-refractivity contribution is 6.00. The lowest BCUT2D eigenvalue weighted by Crippen LogP contribution is -2.20. The maximum Gasteiger partial charge on any atom is 0.323 e. The number of benzene rings is 2. The summed E-state index contributed by atoms with van der Waals surface area (Å²) in [6, 6.07) is 20.0. The topological polar surface area (TPSA) is 94.0 Å².